The lowest BCUT2D eigenvalue weighted by molar-refractivity contribution is -0.123. The first-order valence-electron chi connectivity index (χ1n) is 8.50. The Balaban J connectivity index is 2.10. The van der Waals surface area contributed by atoms with Gasteiger partial charge in [-0.25, -0.2) is 8.42 Å². The maximum Gasteiger partial charge on any atom is 0.253 e. The van der Waals surface area contributed by atoms with Gasteiger partial charge in [0.25, 0.3) is 5.91 Å². The molecule has 0 aromatic heterocycles. The van der Waals surface area contributed by atoms with E-state index in [4.69, 9.17) is 5.73 Å². The molecule has 7 nitrogen and oxygen atoms in total. The fourth-order valence-electron chi connectivity index (χ4n) is 3.03. The number of carbonyl (C=O) groups excluding carboxylic acids is 2. The van der Waals surface area contributed by atoms with Gasteiger partial charge in [0.1, 0.15) is 0 Å². The summed E-state index contributed by atoms with van der Waals surface area (Å²) in [5, 5.41) is 0. The van der Waals surface area contributed by atoms with Crippen LogP contribution in [-0.2, 0) is 14.8 Å². The minimum Gasteiger partial charge on any atom is -0.369 e. The molecular formula is C17H25N3O4S. The van der Waals surface area contributed by atoms with Gasteiger partial charge in [-0.05, 0) is 37.1 Å². The lowest BCUT2D eigenvalue weighted by Gasteiger charge is -2.30. The predicted molar refractivity (Wildman–Crippen MR) is 94.4 cm³/mol. The Morgan fingerprint density at radius 1 is 1.12 bits per heavy atom. The zero-order chi connectivity index (χ0) is 18.6. The van der Waals surface area contributed by atoms with Crippen molar-refractivity contribution in [3.63, 3.8) is 0 Å². The molecule has 0 radical (unpaired) electrons. The van der Waals surface area contributed by atoms with Crippen LogP contribution in [0.25, 0.3) is 0 Å². The first-order chi connectivity index (χ1) is 11.8. The van der Waals surface area contributed by atoms with Gasteiger partial charge in [-0.3, -0.25) is 9.59 Å². The molecule has 1 aliphatic rings. The monoisotopic (exact) mass is 367 g/mol. The Kier molecular flexibility index (Phi) is 6.18. The van der Waals surface area contributed by atoms with Crippen LogP contribution in [0.3, 0.4) is 0 Å². The molecule has 1 saturated heterocycles. The molecule has 0 spiro atoms. The van der Waals surface area contributed by atoms with E-state index in [-0.39, 0.29) is 22.6 Å². The largest absolute Gasteiger partial charge is 0.369 e. The van der Waals surface area contributed by atoms with E-state index in [1.54, 1.807) is 30.9 Å². The molecule has 1 fully saturated rings. The lowest BCUT2D eigenvalue weighted by atomic mass is 9.96. The third kappa shape index (κ3) is 4.19. The van der Waals surface area contributed by atoms with Gasteiger partial charge in [0.15, 0.2) is 0 Å². The topological polar surface area (TPSA) is 101 Å². The zero-order valence-corrected chi connectivity index (χ0v) is 15.5. The molecule has 0 saturated carbocycles. The molecule has 1 aromatic rings. The van der Waals surface area contributed by atoms with E-state index in [0.717, 1.165) is 0 Å². The van der Waals surface area contributed by atoms with Gasteiger partial charge in [0, 0.05) is 37.7 Å². The third-order valence-corrected chi connectivity index (χ3v) is 6.69. The van der Waals surface area contributed by atoms with Crippen LogP contribution in [0.5, 0.6) is 0 Å². The van der Waals surface area contributed by atoms with Gasteiger partial charge in [-0.1, -0.05) is 13.8 Å². The number of carbonyl (C=O) groups is 2. The van der Waals surface area contributed by atoms with Crippen molar-refractivity contribution in [2.75, 3.05) is 26.2 Å². The number of nitrogens with two attached hydrogens (primary N) is 1. The van der Waals surface area contributed by atoms with Gasteiger partial charge >= 0.3 is 0 Å². The molecule has 1 aliphatic heterocycles. The molecule has 25 heavy (non-hydrogen) atoms. The average molecular weight is 367 g/mol. The van der Waals surface area contributed by atoms with E-state index in [9.17, 15) is 18.0 Å². The number of nitrogens with zero attached hydrogens (tertiary/aromatic N) is 2. The van der Waals surface area contributed by atoms with Gasteiger partial charge in [-0.2, -0.15) is 4.31 Å². The number of piperidine rings is 1. The molecular weight excluding hydrogens is 342 g/mol. The van der Waals surface area contributed by atoms with Crippen LogP contribution in [0.2, 0.25) is 0 Å². The molecule has 1 aromatic carbocycles. The molecule has 138 valence electrons. The summed E-state index contributed by atoms with van der Waals surface area (Å²) in [6.45, 7) is 5.32. The Morgan fingerprint density at radius 3 is 2.08 bits per heavy atom. The second-order valence-electron chi connectivity index (χ2n) is 6.08. The molecule has 0 bridgehead atoms. The van der Waals surface area contributed by atoms with Crippen LogP contribution in [0, 0.1) is 5.92 Å². The summed E-state index contributed by atoms with van der Waals surface area (Å²) in [6, 6.07) is 6.02. The van der Waals surface area contributed by atoms with E-state index in [0.29, 0.717) is 44.6 Å². The molecule has 0 atom stereocenters. The predicted octanol–water partition coefficient (Wildman–Crippen LogP) is 1.05. The quantitative estimate of drug-likeness (QED) is 0.812. The van der Waals surface area contributed by atoms with Crippen molar-refractivity contribution in [2.45, 2.75) is 31.6 Å². The first kappa shape index (κ1) is 19.4. The van der Waals surface area contributed by atoms with Crippen LogP contribution in [0.4, 0.5) is 0 Å². The van der Waals surface area contributed by atoms with E-state index in [1.165, 1.54) is 16.4 Å². The van der Waals surface area contributed by atoms with Crippen LogP contribution in [-0.4, -0.2) is 55.6 Å². The van der Waals surface area contributed by atoms with Crippen molar-refractivity contribution < 1.29 is 18.0 Å². The maximum atomic E-state index is 12.5. The highest BCUT2D eigenvalue weighted by molar-refractivity contribution is 7.89. The van der Waals surface area contributed by atoms with Crippen LogP contribution >= 0.6 is 0 Å². The van der Waals surface area contributed by atoms with Crippen molar-refractivity contribution in [3.8, 4) is 0 Å². The van der Waals surface area contributed by atoms with Crippen molar-refractivity contribution in [1.82, 2.24) is 9.21 Å². The fraction of sp³-hybridized carbons (Fsp3) is 0.529. The average Bonchev–Trinajstić information content (AvgIpc) is 2.62. The molecule has 0 aliphatic carbocycles. The van der Waals surface area contributed by atoms with Gasteiger partial charge in [-0.15, -0.1) is 0 Å². The molecule has 1 heterocycles. The number of amides is 2. The number of sulfonamides is 1. The van der Waals surface area contributed by atoms with E-state index < -0.39 is 10.0 Å². The minimum absolute atomic E-state index is 0.158. The summed E-state index contributed by atoms with van der Waals surface area (Å²) in [5.74, 6) is -0.654. The summed E-state index contributed by atoms with van der Waals surface area (Å²) in [5.41, 5.74) is 5.74. The standard InChI is InChI=1S/C17H25N3O4S/c1-3-20(4-2)25(23,24)15-7-5-14(6-8-15)17(22)19-11-9-13(10-12-19)16(18)21/h5-8,13H,3-4,9-12H2,1-2H3,(H2,18,21). The third-order valence-electron chi connectivity index (χ3n) is 4.63. The van der Waals surface area contributed by atoms with Crippen LogP contribution in [0.15, 0.2) is 29.2 Å². The normalized spacial score (nSPS) is 16.2. The minimum atomic E-state index is -3.53. The van der Waals surface area contributed by atoms with Crippen molar-refractivity contribution >= 4 is 21.8 Å². The second-order valence-corrected chi connectivity index (χ2v) is 8.02. The smallest absolute Gasteiger partial charge is 0.253 e. The summed E-state index contributed by atoms with van der Waals surface area (Å²) in [6.07, 6.45) is 1.13. The number of hydrogen-bond acceptors (Lipinski definition) is 4. The summed E-state index contributed by atoms with van der Waals surface area (Å²) in [4.78, 5) is 25.6. The van der Waals surface area contributed by atoms with Crippen molar-refractivity contribution in [1.29, 1.82) is 0 Å². The number of benzene rings is 1. The Hall–Kier alpha value is -1.93. The van der Waals surface area contributed by atoms with Crippen LogP contribution in [0.1, 0.15) is 37.0 Å². The van der Waals surface area contributed by atoms with Gasteiger partial charge in [0.05, 0.1) is 4.90 Å². The van der Waals surface area contributed by atoms with Gasteiger partial charge < -0.3 is 10.6 Å². The summed E-state index contributed by atoms with van der Waals surface area (Å²) >= 11 is 0. The number of hydrogen-bond donors (Lipinski definition) is 1. The highest BCUT2D eigenvalue weighted by atomic mass is 32.2. The Labute approximate surface area is 148 Å². The molecule has 2 N–H and O–H groups in total. The maximum absolute atomic E-state index is 12.5. The molecule has 2 rings (SSSR count). The summed E-state index contributed by atoms with van der Waals surface area (Å²) < 4.78 is 26.3. The molecule has 2 amide bonds. The number of likely N-dealkylation sites (tertiary alicyclic amines) is 1. The highest BCUT2D eigenvalue weighted by Crippen LogP contribution is 2.20. The van der Waals surface area contributed by atoms with Crippen molar-refractivity contribution in [2.24, 2.45) is 11.7 Å². The Morgan fingerprint density at radius 2 is 1.64 bits per heavy atom. The van der Waals surface area contributed by atoms with Gasteiger partial charge in [0.2, 0.25) is 15.9 Å². The summed E-state index contributed by atoms with van der Waals surface area (Å²) in [7, 11) is -3.53. The second kappa shape index (κ2) is 7.97. The molecule has 8 heteroatoms. The first-order valence-corrected chi connectivity index (χ1v) is 9.94. The zero-order valence-electron chi connectivity index (χ0n) is 14.6. The van der Waals surface area contributed by atoms with E-state index >= 15 is 0 Å². The van der Waals surface area contributed by atoms with E-state index in [1.807, 2.05) is 0 Å². The van der Waals surface area contributed by atoms with Crippen molar-refractivity contribution in [3.05, 3.63) is 29.8 Å². The lowest BCUT2D eigenvalue weighted by Crippen LogP contribution is -2.41. The number of rotatable bonds is 6. The number of primary amides is 1. The van der Waals surface area contributed by atoms with E-state index in [2.05, 4.69) is 0 Å². The SMILES string of the molecule is CCN(CC)S(=O)(=O)c1ccc(C(=O)N2CCC(C(N)=O)CC2)cc1. The van der Waals surface area contributed by atoms with Crippen LogP contribution < -0.4 is 5.73 Å². The fourth-order valence-corrected chi connectivity index (χ4v) is 4.49. The highest BCUT2D eigenvalue weighted by Gasteiger charge is 2.27. The molecule has 0 unspecified atom stereocenters. The Bertz CT molecular complexity index is 719.